The van der Waals surface area contributed by atoms with Crippen molar-refractivity contribution in [2.24, 2.45) is 0 Å². The van der Waals surface area contributed by atoms with Gasteiger partial charge in [0.1, 0.15) is 17.4 Å². The number of fused-ring (bicyclic) bond motifs is 1. The molecule has 0 aliphatic carbocycles. The van der Waals surface area contributed by atoms with Gasteiger partial charge in [0, 0.05) is 23.1 Å². The molecule has 2 aromatic heterocycles. The average Bonchev–Trinajstić information content (AvgIpc) is 2.88. The largest absolute Gasteiger partial charge is 0.444 e. The Morgan fingerprint density at radius 1 is 1.31 bits per heavy atom. The summed E-state index contributed by atoms with van der Waals surface area (Å²) in [5.41, 5.74) is 3.27. The lowest BCUT2D eigenvalue weighted by Crippen LogP contribution is -2.12. The zero-order chi connectivity index (χ0) is 18.7. The molecule has 0 radical (unpaired) electrons. The highest BCUT2D eigenvalue weighted by Gasteiger charge is 2.16. The second kappa shape index (κ2) is 7.63. The van der Waals surface area contributed by atoms with Crippen molar-refractivity contribution < 1.29 is 9.21 Å². The fourth-order valence-electron chi connectivity index (χ4n) is 2.68. The number of amides is 1. The number of nitriles is 1. The number of nitrogens with zero attached hydrogens (tertiary/aromatic N) is 2. The van der Waals surface area contributed by atoms with Gasteiger partial charge in [0.15, 0.2) is 0 Å². The molecular formula is C20H19N3O2S. The first kappa shape index (κ1) is 18.0. The molecule has 0 spiro atoms. The van der Waals surface area contributed by atoms with E-state index in [-0.39, 0.29) is 11.8 Å². The maximum atomic E-state index is 12.2. The number of rotatable bonds is 5. The lowest BCUT2D eigenvalue weighted by Gasteiger charge is -2.06. The fraction of sp³-hybridized carbons (Fsp3) is 0.250. The summed E-state index contributed by atoms with van der Waals surface area (Å²) in [6, 6.07) is 12.1. The van der Waals surface area contributed by atoms with E-state index in [2.05, 4.69) is 29.4 Å². The number of hydrogen-bond donors (Lipinski definition) is 1. The fourth-order valence-corrected chi connectivity index (χ4v) is 3.60. The van der Waals surface area contributed by atoms with E-state index in [1.807, 2.05) is 24.3 Å². The number of carbonyl (C=O) groups is 1. The number of aryl methyl sites for hydroxylation is 2. The van der Waals surface area contributed by atoms with Crippen molar-refractivity contribution in [1.82, 2.24) is 4.98 Å². The third kappa shape index (κ3) is 3.73. The highest BCUT2D eigenvalue weighted by Crippen LogP contribution is 2.26. The normalized spacial score (nSPS) is 10.7. The minimum Gasteiger partial charge on any atom is -0.444 e. The first-order valence-electron chi connectivity index (χ1n) is 8.28. The van der Waals surface area contributed by atoms with Crippen LogP contribution in [0, 0.1) is 32.1 Å². The Bertz CT molecular complexity index is 1020. The van der Waals surface area contributed by atoms with Gasteiger partial charge in [0.2, 0.25) is 11.8 Å². The molecule has 0 aliphatic heterocycles. The number of furan rings is 1. The van der Waals surface area contributed by atoms with Crippen LogP contribution in [0.4, 0.5) is 5.88 Å². The van der Waals surface area contributed by atoms with Crippen molar-refractivity contribution in [1.29, 1.82) is 5.26 Å². The van der Waals surface area contributed by atoms with Crippen LogP contribution in [0.3, 0.4) is 0 Å². The summed E-state index contributed by atoms with van der Waals surface area (Å²) in [5, 5.41) is 13.9. The van der Waals surface area contributed by atoms with E-state index in [1.54, 1.807) is 13.8 Å². The molecule has 2 heterocycles. The zero-order valence-corrected chi connectivity index (χ0v) is 15.7. The molecule has 0 unspecified atom stereocenters. The van der Waals surface area contributed by atoms with Crippen LogP contribution in [0.5, 0.6) is 0 Å². The summed E-state index contributed by atoms with van der Waals surface area (Å²) in [4.78, 5) is 16.8. The number of nitrogens with one attached hydrogen (secondary N) is 1. The third-order valence-corrected chi connectivity index (χ3v) is 5.14. The summed E-state index contributed by atoms with van der Waals surface area (Å²) in [6.45, 7) is 5.64. The molecule has 0 saturated heterocycles. The maximum absolute atomic E-state index is 12.2. The lowest BCUT2D eigenvalue weighted by molar-refractivity contribution is -0.115. The van der Waals surface area contributed by atoms with Crippen LogP contribution in [0.1, 0.15) is 28.9 Å². The van der Waals surface area contributed by atoms with Crippen molar-refractivity contribution in [2.45, 2.75) is 32.2 Å². The summed E-state index contributed by atoms with van der Waals surface area (Å²) < 4.78 is 5.46. The molecule has 1 N–H and O–H groups in total. The van der Waals surface area contributed by atoms with Crippen LogP contribution in [0.25, 0.3) is 10.9 Å². The standard InChI is InChI=1S/C20H19N3O2S/c1-12-10-19(22-17-7-5-4-6-15(12)17)26-9-8-18(24)23-20-16(11-21)13(2)14(3)25-20/h4-7,10H,8-9H2,1-3H3,(H,23,24). The topological polar surface area (TPSA) is 78.9 Å². The van der Waals surface area contributed by atoms with Crippen molar-refractivity contribution in [2.75, 3.05) is 11.1 Å². The molecule has 132 valence electrons. The Kier molecular flexibility index (Phi) is 5.29. The first-order chi connectivity index (χ1) is 12.5. The molecule has 5 nitrogen and oxygen atoms in total. The molecule has 0 fully saturated rings. The van der Waals surface area contributed by atoms with Crippen molar-refractivity contribution in [3.8, 4) is 6.07 Å². The number of pyridine rings is 1. The van der Waals surface area contributed by atoms with Crippen LogP contribution < -0.4 is 5.32 Å². The van der Waals surface area contributed by atoms with Crippen LogP contribution in [0.15, 0.2) is 39.8 Å². The number of hydrogen-bond acceptors (Lipinski definition) is 5. The van der Waals surface area contributed by atoms with E-state index < -0.39 is 0 Å². The second-order valence-electron chi connectivity index (χ2n) is 6.04. The molecule has 3 aromatic rings. The SMILES string of the molecule is Cc1oc(NC(=O)CCSc2cc(C)c3ccccc3n2)c(C#N)c1C. The van der Waals surface area contributed by atoms with Gasteiger partial charge in [-0.1, -0.05) is 18.2 Å². The first-order valence-corrected chi connectivity index (χ1v) is 9.27. The molecule has 0 atom stereocenters. The Morgan fingerprint density at radius 2 is 2.08 bits per heavy atom. The van der Waals surface area contributed by atoms with Gasteiger partial charge in [0.25, 0.3) is 0 Å². The molecule has 6 heteroatoms. The van der Waals surface area contributed by atoms with Crippen LogP contribution >= 0.6 is 11.8 Å². The second-order valence-corrected chi connectivity index (χ2v) is 7.16. The molecule has 26 heavy (non-hydrogen) atoms. The van der Waals surface area contributed by atoms with Gasteiger partial charge in [-0.05, 0) is 38.5 Å². The molecule has 0 aliphatic rings. The van der Waals surface area contributed by atoms with Gasteiger partial charge in [0.05, 0.1) is 10.5 Å². The molecule has 1 amide bonds. The Hall–Kier alpha value is -2.78. The molecular weight excluding hydrogens is 346 g/mol. The predicted octanol–water partition coefficient (Wildman–Crippen LogP) is 4.75. The maximum Gasteiger partial charge on any atom is 0.227 e. The molecule has 1 aromatic carbocycles. The van der Waals surface area contributed by atoms with Crippen LogP contribution in [-0.2, 0) is 4.79 Å². The van der Waals surface area contributed by atoms with Crippen molar-refractivity contribution >= 4 is 34.5 Å². The molecule has 0 saturated carbocycles. The van der Waals surface area contributed by atoms with Gasteiger partial charge >= 0.3 is 0 Å². The smallest absolute Gasteiger partial charge is 0.227 e. The average molecular weight is 365 g/mol. The number of thioether (sulfide) groups is 1. The quantitative estimate of drug-likeness (QED) is 0.660. The zero-order valence-electron chi connectivity index (χ0n) is 14.9. The highest BCUT2D eigenvalue weighted by atomic mass is 32.2. The summed E-state index contributed by atoms with van der Waals surface area (Å²) in [5.74, 6) is 1.29. The van der Waals surface area contributed by atoms with E-state index in [0.717, 1.165) is 21.5 Å². The number of para-hydroxylation sites is 1. The molecule has 0 bridgehead atoms. The minimum atomic E-state index is -0.180. The van der Waals surface area contributed by atoms with E-state index >= 15 is 0 Å². The highest BCUT2D eigenvalue weighted by molar-refractivity contribution is 7.99. The predicted molar refractivity (Wildman–Crippen MR) is 103 cm³/mol. The number of benzene rings is 1. The monoisotopic (exact) mass is 365 g/mol. The summed E-state index contributed by atoms with van der Waals surface area (Å²) in [6.07, 6.45) is 0.307. The van der Waals surface area contributed by atoms with Gasteiger partial charge in [-0.2, -0.15) is 5.26 Å². The third-order valence-electron chi connectivity index (χ3n) is 4.23. The van der Waals surface area contributed by atoms with Crippen molar-refractivity contribution in [3.63, 3.8) is 0 Å². The van der Waals surface area contributed by atoms with E-state index in [9.17, 15) is 10.1 Å². The minimum absolute atomic E-state index is 0.180. The number of anilines is 1. The summed E-state index contributed by atoms with van der Waals surface area (Å²) in [7, 11) is 0. The van der Waals surface area contributed by atoms with Gasteiger partial charge < -0.3 is 4.42 Å². The summed E-state index contributed by atoms with van der Waals surface area (Å²) >= 11 is 1.54. The number of carbonyl (C=O) groups excluding carboxylic acids is 1. The lowest BCUT2D eigenvalue weighted by atomic mass is 10.1. The van der Waals surface area contributed by atoms with Crippen LogP contribution in [-0.4, -0.2) is 16.6 Å². The van der Waals surface area contributed by atoms with E-state index in [4.69, 9.17) is 4.42 Å². The van der Waals surface area contributed by atoms with Gasteiger partial charge in [-0.25, -0.2) is 4.98 Å². The van der Waals surface area contributed by atoms with E-state index in [0.29, 0.717) is 23.5 Å². The Balaban J connectivity index is 1.61. The van der Waals surface area contributed by atoms with Gasteiger partial charge in [-0.3, -0.25) is 10.1 Å². The Labute approximate surface area is 156 Å². The molecule has 3 rings (SSSR count). The van der Waals surface area contributed by atoms with E-state index in [1.165, 1.54) is 17.3 Å². The van der Waals surface area contributed by atoms with Gasteiger partial charge in [-0.15, -0.1) is 11.8 Å². The Morgan fingerprint density at radius 3 is 2.85 bits per heavy atom. The van der Waals surface area contributed by atoms with Crippen molar-refractivity contribution in [3.05, 3.63) is 52.8 Å². The van der Waals surface area contributed by atoms with Crippen LogP contribution in [0.2, 0.25) is 0 Å². The number of aromatic nitrogens is 1.